The van der Waals surface area contributed by atoms with Gasteiger partial charge in [-0.25, -0.2) is 4.98 Å². The van der Waals surface area contributed by atoms with Crippen molar-refractivity contribution in [2.75, 3.05) is 0 Å². The van der Waals surface area contributed by atoms with E-state index in [9.17, 15) is 14.7 Å². The third-order valence-electron chi connectivity index (χ3n) is 4.61. The van der Waals surface area contributed by atoms with E-state index in [1.165, 1.54) is 6.20 Å². The van der Waals surface area contributed by atoms with Gasteiger partial charge < -0.3 is 20.3 Å². The molecule has 1 aliphatic carbocycles. The van der Waals surface area contributed by atoms with Crippen molar-refractivity contribution < 1.29 is 14.7 Å². The number of rotatable bonds is 5. The number of carbonyl (C=O) groups excluding carboxylic acids is 2. The highest BCUT2D eigenvalue weighted by Crippen LogP contribution is 2.25. The van der Waals surface area contributed by atoms with E-state index in [2.05, 4.69) is 25.6 Å². The van der Waals surface area contributed by atoms with Crippen molar-refractivity contribution in [3.8, 4) is 0 Å². The minimum absolute atomic E-state index is 0.119. The molecule has 1 aliphatic rings. The Morgan fingerprint density at radius 1 is 1.27 bits per heavy atom. The SMILES string of the molecule is Cn1cncc1C(=O)N[C@@H]1CC[C@H](C(=O)NCc2cnccn2)C[C@H]1O. The summed E-state index contributed by atoms with van der Waals surface area (Å²) in [5, 5.41) is 16.0. The van der Waals surface area contributed by atoms with Gasteiger partial charge >= 0.3 is 0 Å². The first-order valence-electron chi connectivity index (χ1n) is 8.52. The first-order valence-corrected chi connectivity index (χ1v) is 8.52. The van der Waals surface area contributed by atoms with Gasteiger partial charge in [0, 0.05) is 25.4 Å². The quantitative estimate of drug-likeness (QED) is 0.680. The topological polar surface area (TPSA) is 122 Å². The Morgan fingerprint density at radius 2 is 2.12 bits per heavy atom. The molecule has 1 fully saturated rings. The molecular weight excluding hydrogens is 336 g/mol. The second kappa shape index (κ2) is 8.05. The van der Waals surface area contributed by atoms with Crippen molar-refractivity contribution in [3.63, 3.8) is 0 Å². The molecule has 0 radical (unpaired) electrons. The number of amides is 2. The van der Waals surface area contributed by atoms with Gasteiger partial charge in [0.15, 0.2) is 0 Å². The highest BCUT2D eigenvalue weighted by Gasteiger charge is 2.34. The molecule has 2 heterocycles. The van der Waals surface area contributed by atoms with E-state index in [0.29, 0.717) is 37.2 Å². The number of carbonyl (C=O) groups is 2. The maximum absolute atomic E-state index is 12.3. The van der Waals surface area contributed by atoms with E-state index in [1.54, 1.807) is 36.5 Å². The van der Waals surface area contributed by atoms with Crippen LogP contribution in [-0.4, -0.2) is 48.6 Å². The molecule has 3 rings (SSSR count). The van der Waals surface area contributed by atoms with Gasteiger partial charge in [0.25, 0.3) is 5.91 Å². The first-order chi connectivity index (χ1) is 12.5. The fourth-order valence-electron chi connectivity index (χ4n) is 3.11. The van der Waals surface area contributed by atoms with E-state index in [4.69, 9.17) is 0 Å². The maximum Gasteiger partial charge on any atom is 0.269 e. The molecule has 3 atom stereocenters. The number of aryl methyl sites for hydroxylation is 1. The van der Waals surface area contributed by atoms with Crippen molar-refractivity contribution in [1.29, 1.82) is 0 Å². The van der Waals surface area contributed by atoms with Gasteiger partial charge in [-0.3, -0.25) is 19.6 Å². The molecule has 2 aromatic rings. The highest BCUT2D eigenvalue weighted by molar-refractivity contribution is 5.92. The molecule has 0 unspecified atom stereocenters. The van der Waals surface area contributed by atoms with E-state index in [1.807, 2.05) is 0 Å². The van der Waals surface area contributed by atoms with Crippen LogP contribution in [0.3, 0.4) is 0 Å². The normalized spacial score (nSPS) is 22.6. The minimum Gasteiger partial charge on any atom is -0.391 e. The Morgan fingerprint density at radius 3 is 2.77 bits per heavy atom. The highest BCUT2D eigenvalue weighted by atomic mass is 16.3. The summed E-state index contributed by atoms with van der Waals surface area (Å²) in [4.78, 5) is 36.5. The Bertz CT molecular complexity index is 763. The largest absolute Gasteiger partial charge is 0.391 e. The van der Waals surface area contributed by atoms with Crippen LogP contribution in [0, 0.1) is 5.92 Å². The Kier molecular flexibility index (Phi) is 5.57. The van der Waals surface area contributed by atoms with Crippen LogP contribution in [-0.2, 0) is 18.4 Å². The van der Waals surface area contributed by atoms with Gasteiger partial charge in [0.05, 0.1) is 43.1 Å². The number of hydrogen-bond acceptors (Lipinski definition) is 6. The second-order valence-electron chi connectivity index (χ2n) is 6.46. The first kappa shape index (κ1) is 18.0. The number of aliphatic hydroxyl groups is 1. The monoisotopic (exact) mass is 358 g/mol. The van der Waals surface area contributed by atoms with Gasteiger partial charge in [0.1, 0.15) is 5.69 Å². The van der Waals surface area contributed by atoms with Crippen LogP contribution in [0.4, 0.5) is 0 Å². The molecule has 3 N–H and O–H groups in total. The second-order valence-corrected chi connectivity index (χ2v) is 6.46. The zero-order valence-corrected chi connectivity index (χ0v) is 14.5. The van der Waals surface area contributed by atoms with Crippen molar-refractivity contribution in [1.82, 2.24) is 30.2 Å². The fraction of sp³-hybridized carbons (Fsp3) is 0.471. The summed E-state index contributed by atoms with van der Waals surface area (Å²) in [5.41, 5.74) is 1.11. The number of nitrogens with zero attached hydrogens (tertiary/aromatic N) is 4. The molecule has 9 heteroatoms. The molecule has 2 amide bonds. The summed E-state index contributed by atoms with van der Waals surface area (Å²) < 4.78 is 1.62. The Hall–Kier alpha value is -2.81. The zero-order valence-electron chi connectivity index (χ0n) is 14.5. The average Bonchev–Trinajstić information content (AvgIpc) is 3.08. The summed E-state index contributed by atoms with van der Waals surface area (Å²) in [6.45, 7) is 0.305. The van der Waals surface area contributed by atoms with Crippen molar-refractivity contribution >= 4 is 11.8 Å². The van der Waals surface area contributed by atoms with E-state index in [0.717, 1.165) is 0 Å². The summed E-state index contributed by atoms with van der Waals surface area (Å²) >= 11 is 0. The van der Waals surface area contributed by atoms with E-state index < -0.39 is 6.10 Å². The lowest BCUT2D eigenvalue weighted by atomic mass is 9.83. The van der Waals surface area contributed by atoms with Crippen LogP contribution < -0.4 is 10.6 Å². The summed E-state index contributed by atoms with van der Waals surface area (Å²) in [7, 11) is 1.73. The van der Waals surface area contributed by atoms with Gasteiger partial charge in [0.2, 0.25) is 5.91 Å². The number of hydrogen-bond donors (Lipinski definition) is 3. The van der Waals surface area contributed by atoms with Crippen LogP contribution in [0.5, 0.6) is 0 Å². The molecule has 0 spiro atoms. The van der Waals surface area contributed by atoms with Crippen molar-refractivity contribution in [2.45, 2.75) is 38.0 Å². The molecule has 0 aliphatic heterocycles. The third kappa shape index (κ3) is 4.23. The van der Waals surface area contributed by atoms with Crippen LogP contribution in [0.1, 0.15) is 35.4 Å². The molecule has 0 bridgehead atoms. The lowest BCUT2D eigenvalue weighted by Crippen LogP contribution is -2.49. The van der Waals surface area contributed by atoms with Gasteiger partial charge in [-0.1, -0.05) is 0 Å². The lowest BCUT2D eigenvalue weighted by molar-refractivity contribution is -0.127. The van der Waals surface area contributed by atoms with Crippen molar-refractivity contribution in [2.24, 2.45) is 13.0 Å². The van der Waals surface area contributed by atoms with Crippen LogP contribution in [0.25, 0.3) is 0 Å². The average molecular weight is 358 g/mol. The third-order valence-corrected chi connectivity index (χ3v) is 4.61. The maximum atomic E-state index is 12.3. The Labute approximate surface area is 150 Å². The number of aliphatic hydroxyl groups excluding tert-OH is 1. The predicted octanol–water partition coefficient (Wildman–Crippen LogP) is -0.214. The molecule has 0 aromatic carbocycles. The predicted molar refractivity (Wildman–Crippen MR) is 91.7 cm³/mol. The number of nitrogens with one attached hydrogen (secondary N) is 2. The molecule has 2 aromatic heterocycles. The van der Waals surface area contributed by atoms with Crippen LogP contribution in [0.15, 0.2) is 31.1 Å². The Balaban J connectivity index is 1.49. The molecule has 1 saturated carbocycles. The van der Waals surface area contributed by atoms with Crippen LogP contribution in [0.2, 0.25) is 0 Å². The lowest BCUT2D eigenvalue weighted by Gasteiger charge is -2.32. The van der Waals surface area contributed by atoms with Crippen molar-refractivity contribution in [3.05, 3.63) is 42.5 Å². The molecule has 9 nitrogen and oxygen atoms in total. The van der Waals surface area contributed by atoms with Gasteiger partial charge in [-0.05, 0) is 19.3 Å². The summed E-state index contributed by atoms with van der Waals surface area (Å²) in [5.74, 6) is -0.683. The van der Waals surface area contributed by atoms with E-state index >= 15 is 0 Å². The molecule has 138 valence electrons. The zero-order chi connectivity index (χ0) is 18.5. The van der Waals surface area contributed by atoms with E-state index in [-0.39, 0.29) is 23.8 Å². The summed E-state index contributed by atoms with van der Waals surface area (Å²) in [6.07, 6.45) is 8.44. The molecule has 0 saturated heterocycles. The standard InChI is InChI=1S/C17H22N6O3/c1-23-10-19-9-14(23)17(26)22-13-3-2-11(6-15(13)24)16(25)21-8-12-7-18-4-5-20-12/h4-5,7,9-11,13,15,24H,2-3,6,8H2,1H3,(H,21,25)(H,22,26)/t11-,13+,15+/m0/s1. The van der Waals surface area contributed by atoms with Gasteiger partial charge in [-0.2, -0.15) is 0 Å². The van der Waals surface area contributed by atoms with Crippen LogP contribution >= 0.6 is 0 Å². The number of imidazole rings is 1. The summed E-state index contributed by atoms with van der Waals surface area (Å²) in [6, 6.07) is -0.374. The fourth-order valence-corrected chi connectivity index (χ4v) is 3.11. The minimum atomic E-state index is -0.770. The molecular formula is C17H22N6O3. The molecule has 26 heavy (non-hydrogen) atoms. The number of aromatic nitrogens is 4. The van der Waals surface area contributed by atoms with Gasteiger partial charge in [-0.15, -0.1) is 0 Å². The smallest absolute Gasteiger partial charge is 0.269 e.